The SMILES string of the molecule is CC1(C(=O)N2C[C@H]3CNC[C@H]3C2)CCCN1C(=O)c1ccccc1.Cl. The molecule has 25 heavy (non-hydrogen) atoms. The van der Waals surface area contributed by atoms with Gasteiger partial charge in [0.2, 0.25) is 5.91 Å². The highest BCUT2D eigenvalue weighted by atomic mass is 35.5. The molecule has 0 aliphatic carbocycles. The van der Waals surface area contributed by atoms with Gasteiger partial charge in [0.15, 0.2) is 0 Å². The molecule has 3 heterocycles. The lowest BCUT2D eigenvalue weighted by molar-refractivity contribution is -0.140. The predicted molar refractivity (Wildman–Crippen MR) is 98.8 cm³/mol. The molecule has 3 fully saturated rings. The maximum absolute atomic E-state index is 13.3. The highest BCUT2D eigenvalue weighted by Crippen LogP contribution is 2.35. The van der Waals surface area contributed by atoms with Crippen molar-refractivity contribution in [1.29, 1.82) is 0 Å². The Morgan fingerprint density at radius 3 is 2.40 bits per heavy atom. The molecule has 5 nitrogen and oxygen atoms in total. The van der Waals surface area contributed by atoms with E-state index >= 15 is 0 Å². The van der Waals surface area contributed by atoms with Gasteiger partial charge in [0.05, 0.1) is 0 Å². The van der Waals surface area contributed by atoms with Crippen LogP contribution in [0.1, 0.15) is 30.1 Å². The summed E-state index contributed by atoms with van der Waals surface area (Å²) in [6, 6.07) is 9.31. The molecule has 1 unspecified atom stereocenters. The second-order valence-corrected chi connectivity index (χ2v) is 7.59. The van der Waals surface area contributed by atoms with Crippen molar-refractivity contribution in [2.45, 2.75) is 25.3 Å². The summed E-state index contributed by atoms with van der Waals surface area (Å²) < 4.78 is 0. The van der Waals surface area contributed by atoms with Crippen LogP contribution in [0.25, 0.3) is 0 Å². The maximum atomic E-state index is 13.3. The second-order valence-electron chi connectivity index (χ2n) is 7.59. The summed E-state index contributed by atoms with van der Waals surface area (Å²) in [5, 5.41) is 3.41. The smallest absolute Gasteiger partial charge is 0.254 e. The Kier molecular flexibility index (Phi) is 5.07. The molecule has 2 amide bonds. The van der Waals surface area contributed by atoms with E-state index < -0.39 is 5.54 Å². The lowest BCUT2D eigenvalue weighted by Gasteiger charge is -2.37. The van der Waals surface area contributed by atoms with Crippen LogP contribution in [0, 0.1) is 11.8 Å². The van der Waals surface area contributed by atoms with Crippen LogP contribution in [0.3, 0.4) is 0 Å². The predicted octanol–water partition coefficient (Wildman–Crippen LogP) is 1.78. The summed E-state index contributed by atoms with van der Waals surface area (Å²) >= 11 is 0. The van der Waals surface area contributed by atoms with Gasteiger partial charge in [-0.2, -0.15) is 0 Å². The van der Waals surface area contributed by atoms with E-state index in [1.54, 1.807) is 4.90 Å². The molecule has 136 valence electrons. The molecule has 1 aromatic carbocycles. The number of rotatable bonds is 2. The van der Waals surface area contributed by atoms with Gasteiger partial charge in [0.1, 0.15) is 5.54 Å². The van der Waals surface area contributed by atoms with Crippen LogP contribution in [0.4, 0.5) is 0 Å². The zero-order valence-electron chi connectivity index (χ0n) is 14.6. The molecule has 0 spiro atoms. The third-order valence-electron chi connectivity index (χ3n) is 6.04. The van der Waals surface area contributed by atoms with Gasteiger partial charge in [-0.3, -0.25) is 9.59 Å². The molecular weight excluding hydrogens is 338 g/mol. The van der Waals surface area contributed by atoms with Crippen molar-refractivity contribution in [1.82, 2.24) is 15.1 Å². The Morgan fingerprint density at radius 1 is 1.12 bits per heavy atom. The molecule has 6 heteroatoms. The summed E-state index contributed by atoms with van der Waals surface area (Å²) in [7, 11) is 0. The van der Waals surface area contributed by atoms with Crippen LogP contribution in [0.15, 0.2) is 30.3 Å². The van der Waals surface area contributed by atoms with E-state index in [-0.39, 0.29) is 24.2 Å². The Balaban J connectivity index is 0.00000182. The normalized spacial score (nSPS) is 30.9. The van der Waals surface area contributed by atoms with Crippen molar-refractivity contribution in [2.24, 2.45) is 11.8 Å². The minimum Gasteiger partial charge on any atom is -0.340 e. The Hall–Kier alpha value is -1.59. The molecule has 0 bridgehead atoms. The molecule has 4 rings (SSSR count). The molecule has 0 saturated carbocycles. The second kappa shape index (κ2) is 6.96. The molecule has 1 aromatic rings. The van der Waals surface area contributed by atoms with Gasteiger partial charge >= 0.3 is 0 Å². The molecule has 3 atom stereocenters. The fourth-order valence-electron chi connectivity index (χ4n) is 4.61. The number of nitrogens with zero attached hydrogens (tertiary/aromatic N) is 2. The number of nitrogens with one attached hydrogen (secondary N) is 1. The molecular formula is C19H26ClN3O2. The first-order chi connectivity index (χ1) is 11.6. The van der Waals surface area contributed by atoms with Gasteiger partial charge in [-0.25, -0.2) is 0 Å². The number of hydrogen-bond acceptors (Lipinski definition) is 3. The van der Waals surface area contributed by atoms with Gasteiger partial charge in [0, 0.05) is 38.3 Å². The summed E-state index contributed by atoms with van der Waals surface area (Å²) in [5.41, 5.74) is -0.0279. The first-order valence-corrected chi connectivity index (χ1v) is 8.97. The fraction of sp³-hybridized carbons (Fsp3) is 0.579. The number of fused-ring (bicyclic) bond motifs is 1. The van der Waals surface area contributed by atoms with Crippen molar-refractivity contribution in [3.63, 3.8) is 0 Å². The lowest BCUT2D eigenvalue weighted by Crippen LogP contribution is -2.56. The van der Waals surface area contributed by atoms with E-state index in [0.29, 0.717) is 23.9 Å². The van der Waals surface area contributed by atoms with Crippen molar-refractivity contribution in [3.05, 3.63) is 35.9 Å². The number of amides is 2. The van der Waals surface area contributed by atoms with Crippen LogP contribution < -0.4 is 5.32 Å². The minimum atomic E-state index is -0.695. The van der Waals surface area contributed by atoms with Gasteiger partial charge in [0.25, 0.3) is 5.91 Å². The van der Waals surface area contributed by atoms with Gasteiger partial charge in [-0.05, 0) is 43.7 Å². The molecule has 0 aromatic heterocycles. The Labute approximate surface area is 155 Å². The van der Waals surface area contributed by atoms with Crippen LogP contribution in [-0.4, -0.2) is 59.9 Å². The van der Waals surface area contributed by atoms with Crippen LogP contribution in [0.5, 0.6) is 0 Å². The third kappa shape index (κ3) is 3.04. The molecule has 0 radical (unpaired) electrons. The quantitative estimate of drug-likeness (QED) is 0.871. The number of carbonyl (C=O) groups excluding carboxylic acids is 2. The van der Waals surface area contributed by atoms with Crippen LogP contribution in [-0.2, 0) is 4.79 Å². The summed E-state index contributed by atoms with van der Waals surface area (Å²) in [6.07, 6.45) is 1.65. The van der Waals surface area contributed by atoms with Gasteiger partial charge < -0.3 is 15.1 Å². The molecule has 3 aliphatic heterocycles. The highest BCUT2D eigenvalue weighted by Gasteiger charge is 2.50. The molecule has 1 N–H and O–H groups in total. The van der Waals surface area contributed by atoms with Gasteiger partial charge in [-0.1, -0.05) is 18.2 Å². The first kappa shape index (κ1) is 18.2. The first-order valence-electron chi connectivity index (χ1n) is 8.97. The zero-order valence-corrected chi connectivity index (χ0v) is 15.4. The standard InChI is InChI=1S/C19H25N3O2.ClH/c1-19(18(24)21-12-15-10-20-11-16(15)13-21)8-5-9-22(19)17(23)14-6-3-2-4-7-14;/h2-4,6-7,15-16,20H,5,8-13H2,1H3;1H/t15-,16+,19?;. The molecule has 3 saturated heterocycles. The highest BCUT2D eigenvalue weighted by molar-refractivity contribution is 5.99. The van der Waals surface area contributed by atoms with Crippen LogP contribution in [0.2, 0.25) is 0 Å². The minimum absolute atomic E-state index is 0. The average molecular weight is 364 g/mol. The largest absolute Gasteiger partial charge is 0.340 e. The monoisotopic (exact) mass is 363 g/mol. The van der Waals surface area contributed by atoms with Crippen molar-refractivity contribution >= 4 is 24.2 Å². The third-order valence-corrected chi connectivity index (χ3v) is 6.04. The summed E-state index contributed by atoms with van der Waals surface area (Å²) in [6.45, 7) is 6.31. The summed E-state index contributed by atoms with van der Waals surface area (Å²) in [5.74, 6) is 1.28. The van der Waals surface area contributed by atoms with E-state index in [0.717, 1.165) is 39.0 Å². The average Bonchev–Trinajstić information content (AvgIpc) is 3.29. The zero-order chi connectivity index (χ0) is 16.7. The maximum Gasteiger partial charge on any atom is 0.254 e. The number of likely N-dealkylation sites (tertiary alicyclic amines) is 2. The van der Waals surface area contributed by atoms with Crippen LogP contribution >= 0.6 is 12.4 Å². The summed E-state index contributed by atoms with van der Waals surface area (Å²) in [4.78, 5) is 30.0. The van der Waals surface area contributed by atoms with Crippen molar-refractivity contribution < 1.29 is 9.59 Å². The number of hydrogen-bond donors (Lipinski definition) is 1. The fourth-order valence-corrected chi connectivity index (χ4v) is 4.61. The topological polar surface area (TPSA) is 52.7 Å². The lowest BCUT2D eigenvalue weighted by atomic mass is 9.96. The van der Waals surface area contributed by atoms with E-state index in [9.17, 15) is 9.59 Å². The van der Waals surface area contributed by atoms with Gasteiger partial charge in [-0.15, -0.1) is 12.4 Å². The van der Waals surface area contributed by atoms with Crippen molar-refractivity contribution in [2.75, 3.05) is 32.7 Å². The van der Waals surface area contributed by atoms with E-state index in [2.05, 4.69) is 5.32 Å². The van der Waals surface area contributed by atoms with E-state index in [1.807, 2.05) is 42.2 Å². The number of carbonyl (C=O) groups is 2. The van der Waals surface area contributed by atoms with E-state index in [4.69, 9.17) is 0 Å². The number of benzene rings is 1. The van der Waals surface area contributed by atoms with E-state index in [1.165, 1.54) is 0 Å². The molecule has 3 aliphatic rings. The number of halogens is 1. The Morgan fingerprint density at radius 2 is 1.76 bits per heavy atom. The Bertz CT molecular complexity index is 641. The van der Waals surface area contributed by atoms with Crippen molar-refractivity contribution in [3.8, 4) is 0 Å².